The molecule has 0 aliphatic rings. The lowest BCUT2D eigenvalue weighted by molar-refractivity contribution is -0.113. The molecule has 1 N–H and O–H groups in total. The van der Waals surface area contributed by atoms with Crippen molar-refractivity contribution in [2.45, 2.75) is 32.0 Å². The molecular weight excluding hydrogens is 374 g/mol. The Morgan fingerprint density at radius 3 is 2.61 bits per heavy atom. The van der Waals surface area contributed by atoms with Gasteiger partial charge in [0, 0.05) is 12.2 Å². The summed E-state index contributed by atoms with van der Waals surface area (Å²) in [6, 6.07) is 14.5. The molecule has 0 radical (unpaired) electrons. The molecule has 1 aromatic heterocycles. The molecule has 7 heteroatoms. The first-order chi connectivity index (χ1) is 13.6. The second-order valence-corrected chi connectivity index (χ2v) is 7.11. The van der Waals surface area contributed by atoms with Crippen LogP contribution < -0.4 is 15.6 Å². The van der Waals surface area contributed by atoms with E-state index < -0.39 is 0 Å². The number of nitrogens with one attached hydrogen (secondary N) is 1. The minimum absolute atomic E-state index is 0.0677. The maximum absolute atomic E-state index is 12.8. The van der Waals surface area contributed by atoms with E-state index in [1.54, 1.807) is 22.8 Å². The molecule has 28 heavy (non-hydrogen) atoms. The number of carbonyl (C=O) groups is 1. The summed E-state index contributed by atoms with van der Waals surface area (Å²) in [4.78, 5) is 29.7. The smallest absolute Gasteiger partial charge is 0.262 e. The number of nitrogens with zero attached hydrogens (tertiary/aromatic N) is 2. The highest BCUT2D eigenvalue weighted by Crippen LogP contribution is 2.20. The van der Waals surface area contributed by atoms with Gasteiger partial charge < -0.3 is 10.1 Å². The van der Waals surface area contributed by atoms with Gasteiger partial charge in [-0.15, -0.1) is 0 Å². The van der Waals surface area contributed by atoms with E-state index in [1.807, 2.05) is 44.2 Å². The van der Waals surface area contributed by atoms with Crippen molar-refractivity contribution in [3.8, 4) is 5.75 Å². The van der Waals surface area contributed by atoms with Crippen molar-refractivity contribution in [3.05, 3.63) is 58.9 Å². The standard InChI is InChI=1S/C21H23N3O3S/c1-3-13-24-20(26)17-7-5-6-8-18(17)23-21(24)28-14-19(25)22-15-9-11-16(12-10-15)27-4-2/h5-12H,3-4,13-14H2,1-2H3,(H,22,25). The van der Waals surface area contributed by atoms with Gasteiger partial charge in [0.25, 0.3) is 5.56 Å². The molecule has 0 unspecified atom stereocenters. The van der Waals surface area contributed by atoms with Crippen LogP contribution in [0.5, 0.6) is 5.75 Å². The molecule has 146 valence electrons. The number of hydrogen-bond donors (Lipinski definition) is 1. The Balaban J connectivity index is 1.72. The van der Waals surface area contributed by atoms with Gasteiger partial charge in [-0.3, -0.25) is 14.2 Å². The lowest BCUT2D eigenvalue weighted by atomic mass is 10.2. The van der Waals surface area contributed by atoms with E-state index >= 15 is 0 Å². The van der Waals surface area contributed by atoms with Crippen LogP contribution in [0.2, 0.25) is 0 Å². The number of rotatable bonds is 8. The molecule has 0 aliphatic carbocycles. The second kappa shape index (κ2) is 9.41. The van der Waals surface area contributed by atoms with E-state index in [9.17, 15) is 9.59 Å². The van der Waals surface area contributed by atoms with E-state index in [0.29, 0.717) is 34.9 Å². The summed E-state index contributed by atoms with van der Waals surface area (Å²) in [5.41, 5.74) is 1.28. The highest BCUT2D eigenvalue weighted by molar-refractivity contribution is 7.99. The zero-order chi connectivity index (χ0) is 19.9. The van der Waals surface area contributed by atoms with E-state index in [4.69, 9.17) is 4.74 Å². The molecule has 3 rings (SSSR count). The van der Waals surface area contributed by atoms with Crippen molar-refractivity contribution < 1.29 is 9.53 Å². The van der Waals surface area contributed by atoms with Crippen molar-refractivity contribution >= 4 is 34.3 Å². The van der Waals surface area contributed by atoms with Gasteiger partial charge in [0.15, 0.2) is 5.16 Å². The monoisotopic (exact) mass is 397 g/mol. The van der Waals surface area contributed by atoms with Crippen LogP contribution in [0, 0.1) is 0 Å². The van der Waals surface area contributed by atoms with E-state index in [-0.39, 0.29) is 17.2 Å². The molecule has 1 amide bonds. The Bertz CT molecular complexity index is 1020. The molecule has 0 saturated carbocycles. The van der Waals surface area contributed by atoms with Gasteiger partial charge >= 0.3 is 0 Å². The summed E-state index contributed by atoms with van der Waals surface area (Å²) in [6.07, 6.45) is 0.811. The summed E-state index contributed by atoms with van der Waals surface area (Å²) in [5.74, 6) is 0.778. The first-order valence-electron chi connectivity index (χ1n) is 9.27. The average Bonchev–Trinajstić information content (AvgIpc) is 2.70. The predicted octanol–water partition coefficient (Wildman–Crippen LogP) is 3.94. The van der Waals surface area contributed by atoms with Gasteiger partial charge in [0.2, 0.25) is 5.91 Å². The third kappa shape index (κ3) is 4.72. The lowest BCUT2D eigenvalue weighted by Gasteiger charge is -2.12. The van der Waals surface area contributed by atoms with Crippen LogP contribution in [0.25, 0.3) is 10.9 Å². The number of para-hydroxylation sites is 1. The van der Waals surface area contributed by atoms with Crippen molar-refractivity contribution in [3.63, 3.8) is 0 Å². The number of carbonyl (C=O) groups excluding carboxylic acids is 1. The Morgan fingerprint density at radius 2 is 1.89 bits per heavy atom. The maximum atomic E-state index is 12.8. The summed E-state index contributed by atoms with van der Waals surface area (Å²) in [7, 11) is 0. The van der Waals surface area contributed by atoms with Crippen LogP contribution in [-0.4, -0.2) is 27.8 Å². The summed E-state index contributed by atoms with van der Waals surface area (Å²) >= 11 is 1.27. The van der Waals surface area contributed by atoms with Crippen LogP contribution >= 0.6 is 11.8 Å². The number of hydrogen-bond acceptors (Lipinski definition) is 5. The number of ether oxygens (including phenoxy) is 1. The molecule has 0 atom stereocenters. The number of thioether (sulfide) groups is 1. The molecule has 3 aromatic rings. The Hall–Kier alpha value is -2.80. The molecule has 1 heterocycles. The van der Waals surface area contributed by atoms with Crippen molar-refractivity contribution in [1.29, 1.82) is 0 Å². The number of benzene rings is 2. The number of amides is 1. The van der Waals surface area contributed by atoms with Crippen LogP contribution in [0.3, 0.4) is 0 Å². The predicted molar refractivity (Wildman–Crippen MR) is 113 cm³/mol. The van der Waals surface area contributed by atoms with Crippen molar-refractivity contribution in [2.24, 2.45) is 0 Å². The summed E-state index contributed by atoms with van der Waals surface area (Å²) < 4.78 is 7.05. The minimum atomic E-state index is -0.153. The summed E-state index contributed by atoms with van der Waals surface area (Å²) in [6.45, 7) is 5.10. The van der Waals surface area contributed by atoms with Crippen LogP contribution in [0.1, 0.15) is 20.3 Å². The molecule has 0 spiro atoms. The molecule has 0 fully saturated rings. The van der Waals surface area contributed by atoms with Gasteiger partial charge in [0.1, 0.15) is 5.75 Å². The Morgan fingerprint density at radius 1 is 1.14 bits per heavy atom. The fraction of sp³-hybridized carbons (Fsp3) is 0.286. The van der Waals surface area contributed by atoms with Gasteiger partial charge in [0.05, 0.1) is 23.3 Å². The zero-order valence-corrected chi connectivity index (χ0v) is 16.8. The number of anilines is 1. The second-order valence-electron chi connectivity index (χ2n) is 6.16. The van der Waals surface area contributed by atoms with Gasteiger partial charge in [-0.1, -0.05) is 30.8 Å². The van der Waals surface area contributed by atoms with E-state index in [0.717, 1.165) is 12.2 Å². The SMILES string of the molecule is CCCn1c(SCC(=O)Nc2ccc(OCC)cc2)nc2ccccc2c1=O. The van der Waals surface area contributed by atoms with Crippen LogP contribution in [0.4, 0.5) is 5.69 Å². The molecule has 0 bridgehead atoms. The van der Waals surface area contributed by atoms with Gasteiger partial charge in [-0.05, 0) is 49.7 Å². The molecule has 0 saturated heterocycles. The quantitative estimate of drug-likeness (QED) is 0.460. The average molecular weight is 398 g/mol. The molecular formula is C21H23N3O3S. The third-order valence-electron chi connectivity index (χ3n) is 4.06. The van der Waals surface area contributed by atoms with Gasteiger partial charge in [-0.2, -0.15) is 0 Å². The van der Waals surface area contributed by atoms with Crippen molar-refractivity contribution in [2.75, 3.05) is 17.7 Å². The first-order valence-corrected chi connectivity index (χ1v) is 10.3. The maximum Gasteiger partial charge on any atom is 0.262 e. The summed E-state index contributed by atoms with van der Waals surface area (Å²) in [5, 5.41) is 4.01. The molecule has 2 aromatic carbocycles. The fourth-order valence-corrected chi connectivity index (χ4v) is 3.63. The fourth-order valence-electron chi connectivity index (χ4n) is 2.81. The highest BCUT2D eigenvalue weighted by atomic mass is 32.2. The third-order valence-corrected chi connectivity index (χ3v) is 5.03. The molecule has 0 aliphatic heterocycles. The lowest BCUT2D eigenvalue weighted by Crippen LogP contribution is -2.24. The first kappa shape index (κ1) is 19.9. The van der Waals surface area contributed by atoms with Crippen molar-refractivity contribution in [1.82, 2.24) is 9.55 Å². The number of aromatic nitrogens is 2. The topological polar surface area (TPSA) is 73.2 Å². The normalized spacial score (nSPS) is 10.8. The zero-order valence-electron chi connectivity index (χ0n) is 16.0. The Labute approximate surface area is 167 Å². The van der Waals surface area contributed by atoms with Crippen LogP contribution in [-0.2, 0) is 11.3 Å². The van der Waals surface area contributed by atoms with Gasteiger partial charge in [-0.25, -0.2) is 4.98 Å². The largest absolute Gasteiger partial charge is 0.494 e. The number of fused-ring (bicyclic) bond motifs is 1. The van der Waals surface area contributed by atoms with Crippen LogP contribution in [0.15, 0.2) is 58.5 Å². The Kier molecular flexibility index (Phi) is 6.71. The minimum Gasteiger partial charge on any atom is -0.494 e. The van der Waals surface area contributed by atoms with E-state index in [1.165, 1.54) is 11.8 Å². The highest BCUT2D eigenvalue weighted by Gasteiger charge is 2.13. The molecule has 6 nitrogen and oxygen atoms in total. The van der Waals surface area contributed by atoms with E-state index in [2.05, 4.69) is 10.3 Å².